The van der Waals surface area contributed by atoms with Crippen LogP contribution in [0.3, 0.4) is 0 Å². The topological polar surface area (TPSA) is 56.2 Å². The monoisotopic (exact) mass is 343 g/mol. The lowest BCUT2D eigenvalue weighted by molar-refractivity contribution is 0.0933. The molecule has 0 spiro atoms. The third-order valence-corrected chi connectivity index (χ3v) is 4.01. The molecule has 0 aliphatic rings. The molecule has 0 fully saturated rings. The largest absolute Gasteiger partial charge is 0.381 e. The van der Waals surface area contributed by atoms with Crippen LogP contribution in [0.15, 0.2) is 36.4 Å². The standard InChI is InChI=1S/C20H29N3O2/c1-20(2,3)18-15-17(23(4)22-18)19(24)21-12-8-13-25-14-11-16-9-6-5-7-10-16/h5-7,9-10,15H,8,11-14H2,1-4H3,(H,21,24). The minimum absolute atomic E-state index is 0.0666. The van der Waals surface area contributed by atoms with Gasteiger partial charge in [-0.25, -0.2) is 0 Å². The number of amides is 1. The van der Waals surface area contributed by atoms with Crippen LogP contribution in [0.25, 0.3) is 0 Å². The number of aromatic nitrogens is 2. The fourth-order valence-corrected chi connectivity index (χ4v) is 2.45. The molecule has 2 aromatic rings. The number of carbonyl (C=O) groups is 1. The molecule has 0 saturated heterocycles. The van der Waals surface area contributed by atoms with E-state index in [2.05, 4.69) is 43.3 Å². The average Bonchev–Trinajstić information content (AvgIpc) is 2.97. The molecule has 25 heavy (non-hydrogen) atoms. The summed E-state index contributed by atoms with van der Waals surface area (Å²) in [6, 6.07) is 12.2. The van der Waals surface area contributed by atoms with E-state index >= 15 is 0 Å². The number of aryl methyl sites for hydroxylation is 1. The maximum atomic E-state index is 12.3. The molecule has 1 heterocycles. The lowest BCUT2D eigenvalue weighted by Crippen LogP contribution is -2.27. The molecule has 2 rings (SSSR count). The van der Waals surface area contributed by atoms with Gasteiger partial charge in [0.1, 0.15) is 5.69 Å². The van der Waals surface area contributed by atoms with Gasteiger partial charge in [0.2, 0.25) is 0 Å². The van der Waals surface area contributed by atoms with Gasteiger partial charge in [0.05, 0.1) is 12.3 Å². The minimum atomic E-state index is -0.0882. The van der Waals surface area contributed by atoms with Gasteiger partial charge < -0.3 is 10.1 Å². The Balaban J connectivity index is 1.65. The molecule has 1 aromatic carbocycles. The fraction of sp³-hybridized carbons (Fsp3) is 0.500. The van der Waals surface area contributed by atoms with E-state index in [0.29, 0.717) is 25.5 Å². The number of nitrogens with zero attached hydrogens (tertiary/aromatic N) is 2. The summed E-state index contributed by atoms with van der Waals surface area (Å²) in [5.74, 6) is -0.0882. The number of rotatable bonds is 8. The van der Waals surface area contributed by atoms with E-state index in [-0.39, 0.29) is 11.3 Å². The summed E-state index contributed by atoms with van der Waals surface area (Å²) < 4.78 is 7.27. The van der Waals surface area contributed by atoms with Crippen molar-refractivity contribution in [1.29, 1.82) is 0 Å². The van der Waals surface area contributed by atoms with Gasteiger partial charge in [0.25, 0.3) is 5.91 Å². The van der Waals surface area contributed by atoms with Crippen LogP contribution in [0, 0.1) is 0 Å². The third kappa shape index (κ3) is 6.02. The number of nitrogens with one attached hydrogen (secondary N) is 1. The normalized spacial score (nSPS) is 11.5. The van der Waals surface area contributed by atoms with Crippen molar-refractivity contribution in [1.82, 2.24) is 15.1 Å². The van der Waals surface area contributed by atoms with Crippen molar-refractivity contribution in [2.24, 2.45) is 7.05 Å². The number of ether oxygens (including phenoxy) is 1. The second-order valence-corrected chi connectivity index (χ2v) is 7.25. The zero-order valence-electron chi connectivity index (χ0n) is 15.7. The quantitative estimate of drug-likeness (QED) is 0.749. The van der Waals surface area contributed by atoms with Crippen molar-refractivity contribution in [2.45, 2.75) is 39.0 Å². The maximum Gasteiger partial charge on any atom is 0.269 e. The molecule has 5 heteroatoms. The predicted molar refractivity (Wildman–Crippen MR) is 99.8 cm³/mol. The van der Waals surface area contributed by atoms with Gasteiger partial charge in [0.15, 0.2) is 0 Å². The first-order chi connectivity index (χ1) is 11.9. The molecule has 136 valence electrons. The molecular formula is C20H29N3O2. The van der Waals surface area contributed by atoms with E-state index < -0.39 is 0 Å². The summed E-state index contributed by atoms with van der Waals surface area (Å²) in [6.07, 6.45) is 1.71. The first kappa shape index (κ1) is 19.2. The van der Waals surface area contributed by atoms with Crippen LogP contribution in [-0.2, 0) is 23.6 Å². The first-order valence-electron chi connectivity index (χ1n) is 8.82. The molecule has 1 amide bonds. The third-order valence-electron chi connectivity index (χ3n) is 4.01. The number of hydrogen-bond donors (Lipinski definition) is 1. The second-order valence-electron chi connectivity index (χ2n) is 7.25. The van der Waals surface area contributed by atoms with Crippen LogP contribution >= 0.6 is 0 Å². The van der Waals surface area contributed by atoms with Crippen molar-refractivity contribution in [2.75, 3.05) is 19.8 Å². The Morgan fingerprint density at radius 2 is 1.92 bits per heavy atom. The Kier molecular flexibility index (Phi) is 6.76. The molecular weight excluding hydrogens is 314 g/mol. The van der Waals surface area contributed by atoms with Crippen LogP contribution in [0.2, 0.25) is 0 Å². The molecule has 0 saturated carbocycles. The Morgan fingerprint density at radius 3 is 2.56 bits per heavy atom. The van der Waals surface area contributed by atoms with Gasteiger partial charge in [-0.3, -0.25) is 9.48 Å². The number of hydrogen-bond acceptors (Lipinski definition) is 3. The van der Waals surface area contributed by atoms with Gasteiger partial charge >= 0.3 is 0 Å². The molecule has 1 aromatic heterocycles. The van der Waals surface area contributed by atoms with E-state index in [1.807, 2.05) is 24.3 Å². The van der Waals surface area contributed by atoms with Gasteiger partial charge in [-0.2, -0.15) is 5.10 Å². The maximum absolute atomic E-state index is 12.3. The predicted octanol–water partition coefficient (Wildman–Crippen LogP) is 3.10. The van der Waals surface area contributed by atoms with Crippen molar-refractivity contribution in [3.63, 3.8) is 0 Å². The van der Waals surface area contributed by atoms with Crippen molar-refractivity contribution < 1.29 is 9.53 Å². The lowest BCUT2D eigenvalue weighted by Gasteiger charge is -2.13. The Bertz CT molecular complexity index is 672. The highest BCUT2D eigenvalue weighted by molar-refractivity contribution is 5.92. The molecule has 1 N–H and O–H groups in total. The molecule has 0 aliphatic carbocycles. The van der Waals surface area contributed by atoms with Crippen LogP contribution in [-0.4, -0.2) is 35.4 Å². The Hall–Kier alpha value is -2.14. The molecule has 5 nitrogen and oxygen atoms in total. The fourth-order valence-electron chi connectivity index (χ4n) is 2.45. The van der Waals surface area contributed by atoms with Crippen LogP contribution in [0.1, 0.15) is 48.9 Å². The van der Waals surface area contributed by atoms with Gasteiger partial charge in [-0.05, 0) is 24.5 Å². The molecule has 0 radical (unpaired) electrons. The molecule has 0 atom stereocenters. The first-order valence-corrected chi connectivity index (χ1v) is 8.82. The zero-order chi connectivity index (χ0) is 18.3. The van der Waals surface area contributed by atoms with Gasteiger partial charge in [-0.1, -0.05) is 51.1 Å². The summed E-state index contributed by atoms with van der Waals surface area (Å²) >= 11 is 0. The highest BCUT2D eigenvalue weighted by atomic mass is 16.5. The SMILES string of the molecule is Cn1nc(C(C)(C)C)cc1C(=O)NCCCOCCc1ccccc1. The highest BCUT2D eigenvalue weighted by Gasteiger charge is 2.21. The highest BCUT2D eigenvalue weighted by Crippen LogP contribution is 2.21. The van der Waals surface area contributed by atoms with E-state index in [9.17, 15) is 4.79 Å². The van der Waals surface area contributed by atoms with Crippen molar-refractivity contribution in [3.05, 3.63) is 53.3 Å². The molecule has 0 unspecified atom stereocenters. The number of carbonyl (C=O) groups excluding carboxylic acids is 1. The van der Waals surface area contributed by atoms with Gasteiger partial charge in [-0.15, -0.1) is 0 Å². The van der Waals surface area contributed by atoms with Crippen molar-refractivity contribution >= 4 is 5.91 Å². The van der Waals surface area contributed by atoms with E-state index in [0.717, 1.165) is 18.5 Å². The summed E-state index contributed by atoms with van der Waals surface area (Å²) in [5.41, 5.74) is 2.73. The lowest BCUT2D eigenvalue weighted by atomic mass is 9.92. The summed E-state index contributed by atoms with van der Waals surface area (Å²) in [4.78, 5) is 12.3. The van der Waals surface area contributed by atoms with E-state index in [1.165, 1.54) is 5.56 Å². The minimum Gasteiger partial charge on any atom is -0.381 e. The Morgan fingerprint density at radius 1 is 1.20 bits per heavy atom. The Labute approximate surface area is 150 Å². The molecule has 0 aliphatic heterocycles. The van der Waals surface area contributed by atoms with Crippen LogP contribution in [0.4, 0.5) is 0 Å². The summed E-state index contributed by atoms with van der Waals surface area (Å²) in [6.45, 7) is 8.21. The van der Waals surface area contributed by atoms with E-state index in [1.54, 1.807) is 11.7 Å². The average molecular weight is 343 g/mol. The van der Waals surface area contributed by atoms with Gasteiger partial charge in [0, 0.05) is 25.6 Å². The summed E-state index contributed by atoms with van der Waals surface area (Å²) in [5, 5.41) is 7.37. The van der Waals surface area contributed by atoms with Crippen LogP contribution in [0.5, 0.6) is 0 Å². The zero-order valence-corrected chi connectivity index (χ0v) is 15.7. The number of benzene rings is 1. The van der Waals surface area contributed by atoms with Crippen molar-refractivity contribution in [3.8, 4) is 0 Å². The second kappa shape index (κ2) is 8.81. The summed E-state index contributed by atoms with van der Waals surface area (Å²) in [7, 11) is 1.80. The molecule has 0 bridgehead atoms. The van der Waals surface area contributed by atoms with E-state index in [4.69, 9.17) is 4.74 Å². The van der Waals surface area contributed by atoms with Crippen LogP contribution < -0.4 is 5.32 Å². The smallest absolute Gasteiger partial charge is 0.269 e.